The predicted molar refractivity (Wildman–Crippen MR) is 159 cm³/mol. The molecule has 0 unspecified atom stereocenters. The Hall–Kier alpha value is -4.44. The van der Waals surface area contributed by atoms with Crippen molar-refractivity contribution in [3.8, 4) is 28.1 Å². The van der Waals surface area contributed by atoms with Crippen LogP contribution in [0.5, 0.6) is 5.75 Å². The number of phenolic OH excluding ortho intramolecular Hbond substituents is 1. The molecule has 2 aromatic carbocycles. The van der Waals surface area contributed by atoms with Crippen LogP contribution in [0.2, 0.25) is 5.02 Å². The number of hydrogen-bond donors (Lipinski definition) is 3. The summed E-state index contributed by atoms with van der Waals surface area (Å²) >= 11 is 6.52. The fourth-order valence-electron chi connectivity index (χ4n) is 4.71. The van der Waals surface area contributed by atoms with E-state index in [4.69, 9.17) is 11.6 Å². The van der Waals surface area contributed by atoms with Gasteiger partial charge in [0.1, 0.15) is 11.8 Å². The van der Waals surface area contributed by atoms with Crippen LogP contribution in [0.1, 0.15) is 38.3 Å². The Morgan fingerprint density at radius 1 is 1.12 bits per heavy atom. The fourth-order valence-corrected chi connectivity index (χ4v) is 4.91. The number of nitrogens with one attached hydrogen (secondary N) is 2. The van der Waals surface area contributed by atoms with Crippen LogP contribution in [0.4, 0.5) is 10.1 Å². The van der Waals surface area contributed by atoms with E-state index < -0.39 is 23.5 Å². The van der Waals surface area contributed by atoms with E-state index in [1.165, 1.54) is 12.1 Å². The number of rotatable bonds is 9. The van der Waals surface area contributed by atoms with Crippen molar-refractivity contribution in [2.45, 2.75) is 50.9 Å². The summed E-state index contributed by atoms with van der Waals surface area (Å²) in [5.41, 5.74) is 1.48. The summed E-state index contributed by atoms with van der Waals surface area (Å²) in [6.45, 7) is 3.82. The maximum Gasteiger partial charge on any atom is 0.258 e. The number of carbonyl (C=O) groups is 2. The normalized spacial score (nSPS) is 14.4. The van der Waals surface area contributed by atoms with E-state index in [0.717, 1.165) is 11.1 Å². The van der Waals surface area contributed by atoms with Gasteiger partial charge in [0.2, 0.25) is 5.91 Å². The molecule has 0 aliphatic heterocycles. The van der Waals surface area contributed by atoms with Gasteiger partial charge in [-0.1, -0.05) is 17.7 Å². The minimum absolute atomic E-state index is 0.0246. The number of amides is 2. The van der Waals surface area contributed by atoms with Gasteiger partial charge in [-0.25, -0.2) is 9.37 Å². The third-order valence-electron chi connectivity index (χ3n) is 7.37. The molecule has 1 saturated carbocycles. The highest BCUT2D eigenvalue weighted by Gasteiger charge is 2.51. The second-order valence-corrected chi connectivity index (χ2v) is 11.3. The molecule has 2 heterocycles. The first-order chi connectivity index (χ1) is 19.9. The smallest absolute Gasteiger partial charge is 0.258 e. The lowest BCUT2D eigenvalue weighted by atomic mass is 9.99. The summed E-state index contributed by atoms with van der Waals surface area (Å²) in [5.74, 6) is -1.53. The van der Waals surface area contributed by atoms with Crippen molar-refractivity contribution in [3.63, 3.8) is 0 Å². The third kappa shape index (κ3) is 6.08. The minimum Gasteiger partial charge on any atom is -0.507 e. The molecular weight excluding hydrogens is 561 g/mol. The molecular formula is C31H31ClFN5O4. The summed E-state index contributed by atoms with van der Waals surface area (Å²) < 4.78 is 18.0. The number of aromatic nitrogens is 3. The van der Waals surface area contributed by atoms with Crippen LogP contribution in [-0.2, 0) is 23.1 Å². The van der Waals surface area contributed by atoms with E-state index in [-0.39, 0.29) is 36.6 Å². The Bertz CT molecular complexity index is 1730. The van der Waals surface area contributed by atoms with Crippen molar-refractivity contribution in [3.05, 3.63) is 88.2 Å². The van der Waals surface area contributed by atoms with Crippen molar-refractivity contribution < 1.29 is 19.1 Å². The molecule has 1 fully saturated rings. The molecule has 2 aromatic heterocycles. The number of carbonyl (C=O) groups excluding carboxylic acids is 2. The lowest BCUT2D eigenvalue weighted by molar-refractivity contribution is -0.131. The van der Waals surface area contributed by atoms with Gasteiger partial charge >= 0.3 is 0 Å². The number of aromatic hydroxyl groups is 1. The molecule has 1 atom stereocenters. The van der Waals surface area contributed by atoms with Gasteiger partial charge in [0.15, 0.2) is 5.67 Å². The lowest BCUT2D eigenvalue weighted by Crippen LogP contribution is -2.48. The zero-order valence-corrected chi connectivity index (χ0v) is 24.2. The summed E-state index contributed by atoms with van der Waals surface area (Å²) in [4.78, 5) is 42.5. The van der Waals surface area contributed by atoms with E-state index in [2.05, 4.69) is 15.6 Å². The average Bonchev–Trinajstić information content (AvgIpc) is 3.57. The van der Waals surface area contributed by atoms with Crippen molar-refractivity contribution in [2.75, 3.05) is 5.32 Å². The molecule has 1 aliphatic carbocycles. The van der Waals surface area contributed by atoms with E-state index in [0.29, 0.717) is 27.5 Å². The van der Waals surface area contributed by atoms with Gasteiger partial charge in [-0.2, -0.15) is 0 Å². The Labute approximate surface area is 247 Å². The zero-order valence-electron chi connectivity index (χ0n) is 23.4. The maximum atomic E-state index is 14.6. The number of halogens is 2. The monoisotopic (exact) mass is 591 g/mol. The van der Waals surface area contributed by atoms with Gasteiger partial charge < -0.3 is 24.9 Å². The average molecular weight is 592 g/mol. The minimum atomic E-state index is -1.99. The quantitative estimate of drug-likeness (QED) is 0.252. The van der Waals surface area contributed by atoms with Gasteiger partial charge in [-0.05, 0) is 73.7 Å². The molecule has 3 N–H and O–H groups in total. The lowest BCUT2D eigenvalue weighted by Gasteiger charge is -2.21. The van der Waals surface area contributed by atoms with E-state index in [1.807, 2.05) is 13.8 Å². The Morgan fingerprint density at radius 3 is 2.50 bits per heavy atom. The first-order valence-electron chi connectivity index (χ1n) is 13.6. The number of alkyl halides is 1. The Kier molecular flexibility index (Phi) is 7.92. The number of pyridine rings is 1. The van der Waals surface area contributed by atoms with E-state index >= 15 is 0 Å². The topological polar surface area (TPSA) is 118 Å². The number of imidazole rings is 1. The maximum absolute atomic E-state index is 14.6. The molecule has 218 valence electrons. The highest BCUT2D eigenvalue weighted by atomic mass is 35.5. The molecule has 1 aliphatic rings. The SMILES string of the molecule is CC(C)n1cc(-c2ccc(Cl)c(C[C@H](NC(=O)C3(F)CC3)C(=O)Nc3ccc(-c4cncn4C)c(O)c3)c2)ccc1=O. The van der Waals surface area contributed by atoms with Crippen LogP contribution in [0.25, 0.3) is 22.4 Å². The number of phenols is 1. The van der Waals surface area contributed by atoms with Crippen molar-refractivity contribution >= 4 is 29.1 Å². The van der Waals surface area contributed by atoms with Crippen LogP contribution >= 0.6 is 11.6 Å². The van der Waals surface area contributed by atoms with Crippen LogP contribution in [-0.4, -0.2) is 42.7 Å². The molecule has 42 heavy (non-hydrogen) atoms. The summed E-state index contributed by atoms with van der Waals surface area (Å²) in [6, 6.07) is 11.9. The first kappa shape index (κ1) is 29.1. The summed E-state index contributed by atoms with van der Waals surface area (Å²) in [5, 5.41) is 16.3. The molecule has 5 rings (SSSR count). The number of anilines is 1. The zero-order chi connectivity index (χ0) is 30.2. The second-order valence-electron chi connectivity index (χ2n) is 10.9. The largest absolute Gasteiger partial charge is 0.507 e. The van der Waals surface area contributed by atoms with Gasteiger partial charge in [0, 0.05) is 54.1 Å². The number of nitrogens with zero attached hydrogens (tertiary/aromatic N) is 3. The van der Waals surface area contributed by atoms with Gasteiger partial charge in [0.05, 0.1) is 18.2 Å². The van der Waals surface area contributed by atoms with E-state index in [1.54, 1.807) is 71.3 Å². The van der Waals surface area contributed by atoms with Gasteiger partial charge in [0.25, 0.3) is 11.5 Å². The standard InChI is InChI=1S/C31H31ClFN5O4/c1-18(2)38-16-20(5-9-28(38)40)19-4-8-24(32)21(12-19)13-25(36-30(42)31(33)10-11-31)29(41)35-22-6-7-23(27(39)14-22)26-15-34-17-37(26)3/h4-9,12,14-18,25,39H,10-11,13H2,1-3H3,(H,35,41)(H,36,42)/t25-/m0/s1. The van der Waals surface area contributed by atoms with Crippen molar-refractivity contribution in [1.29, 1.82) is 0 Å². The predicted octanol–water partition coefficient (Wildman–Crippen LogP) is 5.02. The molecule has 2 amide bonds. The first-order valence-corrected chi connectivity index (χ1v) is 13.9. The number of aryl methyl sites for hydroxylation is 1. The van der Waals surface area contributed by atoms with Crippen molar-refractivity contribution in [1.82, 2.24) is 19.4 Å². The van der Waals surface area contributed by atoms with Gasteiger partial charge in [-0.15, -0.1) is 0 Å². The van der Waals surface area contributed by atoms with Gasteiger partial charge in [-0.3, -0.25) is 14.4 Å². The second kappa shape index (κ2) is 11.4. The van der Waals surface area contributed by atoms with Crippen LogP contribution < -0.4 is 16.2 Å². The molecule has 9 nitrogen and oxygen atoms in total. The third-order valence-corrected chi connectivity index (χ3v) is 7.74. The molecule has 4 aromatic rings. The summed E-state index contributed by atoms with van der Waals surface area (Å²) in [7, 11) is 1.79. The summed E-state index contributed by atoms with van der Waals surface area (Å²) in [6.07, 6.45) is 5.14. The van der Waals surface area contributed by atoms with Crippen molar-refractivity contribution in [2.24, 2.45) is 7.05 Å². The molecule has 0 radical (unpaired) electrons. The molecule has 11 heteroatoms. The highest BCUT2D eigenvalue weighted by Crippen LogP contribution is 2.40. The highest BCUT2D eigenvalue weighted by molar-refractivity contribution is 6.31. The number of hydrogen-bond acceptors (Lipinski definition) is 5. The van der Waals surface area contributed by atoms with Crippen LogP contribution in [0.3, 0.4) is 0 Å². The Morgan fingerprint density at radius 2 is 1.86 bits per heavy atom. The molecule has 0 bridgehead atoms. The fraction of sp³-hybridized carbons (Fsp3) is 0.290. The van der Waals surface area contributed by atoms with Crippen LogP contribution in [0, 0.1) is 0 Å². The Balaban J connectivity index is 1.42. The van der Waals surface area contributed by atoms with E-state index in [9.17, 15) is 23.9 Å². The molecule has 0 saturated heterocycles. The molecule has 0 spiro atoms. The van der Waals surface area contributed by atoms with Crippen LogP contribution in [0.15, 0.2) is 72.0 Å². The number of benzene rings is 2.